The number of aryl methyl sites for hydroxylation is 1. The van der Waals surface area contributed by atoms with Crippen LogP contribution in [0.1, 0.15) is 50.4 Å². The quantitative estimate of drug-likeness (QED) is 0.247. The summed E-state index contributed by atoms with van der Waals surface area (Å²) in [6.07, 6.45) is 6.63. The number of nitrogens with zero attached hydrogens (tertiary/aromatic N) is 6. The van der Waals surface area contributed by atoms with Gasteiger partial charge in [0.05, 0.1) is 12.2 Å². The molecule has 0 bridgehead atoms. The van der Waals surface area contributed by atoms with Crippen molar-refractivity contribution in [2.75, 3.05) is 0 Å². The van der Waals surface area contributed by atoms with Crippen molar-refractivity contribution in [3.05, 3.63) is 101 Å². The van der Waals surface area contributed by atoms with Crippen LogP contribution in [0.5, 0.6) is 0 Å². The zero-order valence-corrected chi connectivity index (χ0v) is 21.0. The normalized spacial score (nSPS) is 11.2. The third kappa shape index (κ3) is 5.58. The van der Waals surface area contributed by atoms with E-state index in [1.807, 2.05) is 53.1 Å². The summed E-state index contributed by atoms with van der Waals surface area (Å²) in [5.41, 5.74) is 4.75. The minimum Gasteiger partial charge on any atom is -0.274 e. The molecule has 0 radical (unpaired) electrons. The Hall–Kier alpha value is -4.33. The molecule has 1 N–H and O–H groups in total. The molecule has 0 aliphatic heterocycles. The van der Waals surface area contributed by atoms with Crippen molar-refractivity contribution in [2.24, 2.45) is 0 Å². The predicted octanol–water partition coefficient (Wildman–Crippen LogP) is 5.44. The van der Waals surface area contributed by atoms with Crippen LogP contribution in [-0.2, 0) is 13.0 Å². The second-order valence-corrected chi connectivity index (χ2v) is 9.19. The van der Waals surface area contributed by atoms with E-state index in [2.05, 4.69) is 57.9 Å². The van der Waals surface area contributed by atoms with Crippen LogP contribution in [-0.4, -0.2) is 35.0 Å². The highest BCUT2D eigenvalue weighted by Crippen LogP contribution is 2.29. The first kappa shape index (κ1) is 24.4. The first-order valence-corrected chi connectivity index (χ1v) is 12.9. The number of benzene rings is 3. The van der Waals surface area contributed by atoms with Crippen molar-refractivity contribution >= 4 is 0 Å². The van der Waals surface area contributed by atoms with Crippen LogP contribution in [0.25, 0.3) is 28.2 Å². The third-order valence-electron chi connectivity index (χ3n) is 6.58. The van der Waals surface area contributed by atoms with Crippen molar-refractivity contribution in [2.45, 2.75) is 52.0 Å². The molecule has 37 heavy (non-hydrogen) atoms. The summed E-state index contributed by atoms with van der Waals surface area (Å²) in [4.78, 5) is 13.4. The van der Waals surface area contributed by atoms with Gasteiger partial charge in [0.2, 0.25) is 0 Å². The maximum atomic E-state index is 13.4. The van der Waals surface area contributed by atoms with Crippen LogP contribution >= 0.6 is 0 Å². The summed E-state index contributed by atoms with van der Waals surface area (Å²) in [6.45, 7) is 2.69. The van der Waals surface area contributed by atoms with E-state index in [0.717, 1.165) is 53.0 Å². The topological polar surface area (TPSA) is 94.3 Å². The highest BCUT2D eigenvalue weighted by Gasteiger charge is 2.15. The van der Waals surface area contributed by atoms with Crippen LogP contribution in [0.2, 0.25) is 0 Å². The Morgan fingerprint density at radius 1 is 0.811 bits per heavy atom. The molecule has 0 saturated carbocycles. The van der Waals surface area contributed by atoms with Crippen LogP contribution in [0.4, 0.5) is 0 Å². The Bertz CT molecular complexity index is 1470. The summed E-state index contributed by atoms with van der Waals surface area (Å²) >= 11 is 0. The number of aromatic nitrogens is 7. The van der Waals surface area contributed by atoms with Gasteiger partial charge in [0.1, 0.15) is 5.82 Å². The van der Waals surface area contributed by atoms with Crippen molar-refractivity contribution in [1.29, 1.82) is 0 Å². The lowest BCUT2D eigenvalue weighted by Gasteiger charge is -2.09. The highest BCUT2D eigenvalue weighted by atomic mass is 16.2. The largest absolute Gasteiger partial charge is 0.351 e. The van der Waals surface area contributed by atoms with Gasteiger partial charge >= 0.3 is 5.69 Å². The molecule has 0 aliphatic carbocycles. The molecule has 0 unspecified atom stereocenters. The van der Waals surface area contributed by atoms with Gasteiger partial charge in [-0.25, -0.2) is 9.89 Å². The second kappa shape index (κ2) is 11.6. The van der Waals surface area contributed by atoms with Crippen LogP contribution in [0.15, 0.2) is 83.7 Å². The zero-order valence-electron chi connectivity index (χ0n) is 21.0. The molecule has 5 aromatic rings. The molecule has 0 aliphatic rings. The van der Waals surface area contributed by atoms with E-state index in [9.17, 15) is 4.79 Å². The lowest BCUT2D eigenvalue weighted by Crippen LogP contribution is -2.25. The molecule has 0 spiro atoms. The van der Waals surface area contributed by atoms with Gasteiger partial charge in [-0.1, -0.05) is 99.3 Å². The fourth-order valence-electron chi connectivity index (χ4n) is 4.59. The third-order valence-corrected chi connectivity index (χ3v) is 6.58. The monoisotopic (exact) mass is 493 g/mol. The Morgan fingerprint density at radius 2 is 1.54 bits per heavy atom. The van der Waals surface area contributed by atoms with Gasteiger partial charge in [0.15, 0.2) is 5.82 Å². The Balaban J connectivity index is 1.41. The fraction of sp³-hybridized carbons (Fsp3) is 0.276. The van der Waals surface area contributed by atoms with E-state index in [1.165, 1.54) is 23.9 Å². The van der Waals surface area contributed by atoms with Gasteiger partial charge in [0, 0.05) is 12.0 Å². The molecule has 3 aromatic carbocycles. The molecule has 8 nitrogen and oxygen atoms in total. The molecule has 0 fully saturated rings. The van der Waals surface area contributed by atoms with E-state index in [4.69, 9.17) is 5.10 Å². The summed E-state index contributed by atoms with van der Waals surface area (Å²) < 4.78 is 3.34. The lowest BCUT2D eigenvalue weighted by molar-refractivity contribution is 0.603. The molecule has 5 rings (SSSR count). The SMILES string of the molecule is CCCCCCCc1nn(-c2ccccc2)c(=O)n1Cc1ccc(-c2ccccc2-c2nnn[nH]2)cc1. The Labute approximate surface area is 216 Å². The maximum Gasteiger partial charge on any atom is 0.351 e. The fourth-order valence-corrected chi connectivity index (χ4v) is 4.59. The Kier molecular flexibility index (Phi) is 7.64. The first-order valence-electron chi connectivity index (χ1n) is 12.9. The number of para-hydroxylation sites is 1. The van der Waals surface area contributed by atoms with Gasteiger partial charge in [-0.15, -0.1) is 10.2 Å². The maximum absolute atomic E-state index is 13.4. The van der Waals surface area contributed by atoms with Crippen molar-refractivity contribution in [1.82, 2.24) is 35.0 Å². The van der Waals surface area contributed by atoms with Crippen LogP contribution < -0.4 is 5.69 Å². The number of unbranched alkanes of at least 4 members (excludes halogenated alkanes) is 4. The number of aromatic amines is 1. The van der Waals surface area contributed by atoms with Gasteiger partial charge in [0.25, 0.3) is 0 Å². The molecule has 2 heterocycles. The molecule has 0 amide bonds. The van der Waals surface area contributed by atoms with Crippen LogP contribution in [0.3, 0.4) is 0 Å². The number of tetrazole rings is 1. The van der Waals surface area contributed by atoms with E-state index in [-0.39, 0.29) is 5.69 Å². The van der Waals surface area contributed by atoms with Crippen LogP contribution in [0, 0.1) is 0 Å². The van der Waals surface area contributed by atoms with E-state index < -0.39 is 0 Å². The minimum absolute atomic E-state index is 0.109. The lowest BCUT2D eigenvalue weighted by atomic mass is 9.98. The predicted molar refractivity (Wildman–Crippen MR) is 144 cm³/mol. The molecule has 0 atom stereocenters. The van der Waals surface area contributed by atoms with Gasteiger partial charge in [-0.05, 0) is 45.7 Å². The number of hydrogen-bond donors (Lipinski definition) is 1. The molecule has 0 saturated heterocycles. The van der Waals surface area contributed by atoms with Crippen molar-refractivity contribution in [3.63, 3.8) is 0 Å². The van der Waals surface area contributed by atoms with E-state index in [1.54, 1.807) is 0 Å². The van der Waals surface area contributed by atoms with Gasteiger partial charge < -0.3 is 0 Å². The molecular weight excluding hydrogens is 462 g/mol. The Morgan fingerprint density at radius 3 is 2.27 bits per heavy atom. The summed E-state index contributed by atoms with van der Waals surface area (Å²) in [5.74, 6) is 1.46. The standard InChI is InChI=1S/C29H31N7O/c1-2-3-4-5-9-16-27-32-36(24-12-7-6-8-13-24)29(37)35(27)21-22-17-19-23(20-18-22)25-14-10-11-15-26(25)28-30-33-34-31-28/h6-8,10-15,17-20H,2-5,9,16,21H2,1H3,(H,30,31,33,34). The molecule has 2 aromatic heterocycles. The van der Waals surface area contributed by atoms with E-state index >= 15 is 0 Å². The number of rotatable bonds is 11. The average molecular weight is 494 g/mol. The van der Waals surface area contributed by atoms with E-state index in [0.29, 0.717) is 12.4 Å². The smallest absolute Gasteiger partial charge is 0.274 e. The molecular formula is C29H31N7O. The van der Waals surface area contributed by atoms with Crippen molar-refractivity contribution < 1.29 is 0 Å². The molecule has 8 heteroatoms. The highest BCUT2D eigenvalue weighted by molar-refractivity contribution is 5.80. The average Bonchev–Trinajstić information content (AvgIpc) is 3.59. The second-order valence-electron chi connectivity index (χ2n) is 9.19. The number of nitrogens with one attached hydrogen (secondary N) is 1. The molecule has 188 valence electrons. The minimum atomic E-state index is -0.109. The summed E-state index contributed by atoms with van der Waals surface area (Å²) in [5, 5.41) is 19.1. The summed E-state index contributed by atoms with van der Waals surface area (Å²) in [7, 11) is 0. The number of hydrogen-bond acceptors (Lipinski definition) is 5. The van der Waals surface area contributed by atoms with Crippen molar-refractivity contribution in [3.8, 4) is 28.2 Å². The number of H-pyrrole nitrogens is 1. The first-order chi connectivity index (χ1) is 18.2. The zero-order chi connectivity index (χ0) is 25.5. The summed E-state index contributed by atoms with van der Waals surface area (Å²) in [6, 6.07) is 25.9. The van der Waals surface area contributed by atoms with Gasteiger partial charge in [-0.2, -0.15) is 4.68 Å². The van der Waals surface area contributed by atoms with Gasteiger partial charge in [-0.3, -0.25) is 4.57 Å².